The van der Waals surface area contributed by atoms with Crippen molar-refractivity contribution >= 4 is 27.4 Å². The second-order valence-electron chi connectivity index (χ2n) is 7.08. The highest BCUT2D eigenvalue weighted by molar-refractivity contribution is 7.17. The average molecular weight is 356 g/mol. The van der Waals surface area contributed by atoms with E-state index in [1.807, 2.05) is 0 Å². The topological polar surface area (TPSA) is 60.9 Å². The van der Waals surface area contributed by atoms with Crippen molar-refractivity contribution in [1.82, 2.24) is 25.1 Å². The number of nitrogens with one attached hydrogen (secondary N) is 1. The van der Waals surface area contributed by atoms with Gasteiger partial charge in [0.25, 0.3) is 0 Å². The van der Waals surface area contributed by atoms with E-state index in [9.17, 15) is 0 Å². The summed E-state index contributed by atoms with van der Waals surface area (Å²) in [6, 6.07) is 4.28. The predicted octanol–water partition coefficient (Wildman–Crippen LogP) is 2.94. The van der Waals surface area contributed by atoms with Crippen LogP contribution >= 0.6 is 11.3 Å². The summed E-state index contributed by atoms with van der Waals surface area (Å²) in [5, 5.41) is 9.72. The van der Waals surface area contributed by atoms with E-state index in [2.05, 4.69) is 61.3 Å². The van der Waals surface area contributed by atoms with E-state index in [1.165, 1.54) is 16.1 Å². The third-order valence-electron chi connectivity index (χ3n) is 4.59. The minimum atomic E-state index is 0.640. The molecule has 3 aromatic heterocycles. The molecule has 1 fully saturated rings. The molecule has 132 valence electrons. The highest BCUT2D eigenvalue weighted by atomic mass is 32.1. The largest absolute Gasteiger partial charge is 0.353 e. The number of anilines is 1. The van der Waals surface area contributed by atoms with Crippen molar-refractivity contribution < 1.29 is 0 Å². The molecule has 4 heterocycles. The molecule has 0 radical (unpaired) electrons. The van der Waals surface area contributed by atoms with E-state index >= 15 is 0 Å². The molecule has 1 aliphatic rings. The smallest absolute Gasteiger partial charge is 0.150 e. The Morgan fingerprint density at radius 1 is 1.20 bits per heavy atom. The van der Waals surface area contributed by atoms with Gasteiger partial charge in [0, 0.05) is 38.4 Å². The van der Waals surface area contributed by atoms with Crippen molar-refractivity contribution in [3.8, 4) is 0 Å². The summed E-state index contributed by atoms with van der Waals surface area (Å²) in [5.41, 5.74) is 3.43. The number of rotatable bonds is 5. The Kier molecular flexibility index (Phi) is 4.67. The lowest BCUT2D eigenvalue weighted by Gasteiger charge is -2.35. The van der Waals surface area contributed by atoms with Gasteiger partial charge in [-0.1, -0.05) is 13.8 Å². The highest BCUT2D eigenvalue weighted by Crippen LogP contribution is 2.28. The summed E-state index contributed by atoms with van der Waals surface area (Å²) in [7, 11) is 0. The number of fused-ring (bicyclic) bond motifs is 1. The standard InChI is InChI=1S/C18H24N6S/c1-13(2)9-14-10-15(22-21-14)11-23-4-6-24(7-5-23)18-17-16(3-8-25-17)19-12-20-18/h3,8,10,12-13H,4-7,9,11H2,1-2H3,(H,21,22). The van der Waals surface area contributed by atoms with Gasteiger partial charge >= 0.3 is 0 Å². The van der Waals surface area contributed by atoms with E-state index in [1.54, 1.807) is 17.7 Å². The van der Waals surface area contributed by atoms with Gasteiger partial charge in [-0.15, -0.1) is 11.3 Å². The minimum Gasteiger partial charge on any atom is -0.353 e. The third kappa shape index (κ3) is 3.67. The fourth-order valence-electron chi connectivity index (χ4n) is 3.37. The van der Waals surface area contributed by atoms with Crippen LogP contribution in [0.5, 0.6) is 0 Å². The number of hydrogen-bond acceptors (Lipinski definition) is 6. The molecule has 0 unspecified atom stereocenters. The fourth-order valence-corrected chi connectivity index (χ4v) is 4.23. The zero-order valence-corrected chi connectivity index (χ0v) is 15.6. The first-order chi connectivity index (χ1) is 12.2. The zero-order valence-electron chi connectivity index (χ0n) is 14.8. The van der Waals surface area contributed by atoms with E-state index in [0.717, 1.165) is 50.5 Å². The molecule has 0 aliphatic carbocycles. The molecule has 3 aromatic rings. The monoisotopic (exact) mass is 356 g/mol. The molecule has 6 nitrogen and oxygen atoms in total. The van der Waals surface area contributed by atoms with Crippen LogP contribution in [0.4, 0.5) is 5.82 Å². The molecule has 0 amide bonds. The minimum absolute atomic E-state index is 0.640. The van der Waals surface area contributed by atoms with Gasteiger partial charge in [-0.25, -0.2) is 9.97 Å². The van der Waals surface area contributed by atoms with Crippen LogP contribution in [0.25, 0.3) is 10.2 Å². The lowest BCUT2D eigenvalue weighted by molar-refractivity contribution is 0.246. The second kappa shape index (κ2) is 7.09. The molecule has 25 heavy (non-hydrogen) atoms. The molecule has 1 N–H and O–H groups in total. The van der Waals surface area contributed by atoms with Crippen LogP contribution in [-0.4, -0.2) is 51.2 Å². The van der Waals surface area contributed by atoms with Gasteiger partial charge in [0.15, 0.2) is 0 Å². The second-order valence-corrected chi connectivity index (χ2v) is 7.99. The molecule has 0 aromatic carbocycles. The first-order valence-corrected chi connectivity index (χ1v) is 9.75. The summed E-state index contributed by atoms with van der Waals surface area (Å²) < 4.78 is 1.20. The Labute approximate surface area is 151 Å². The van der Waals surface area contributed by atoms with Gasteiger partial charge in [0.1, 0.15) is 12.1 Å². The van der Waals surface area contributed by atoms with Gasteiger partial charge in [-0.2, -0.15) is 5.10 Å². The molecule has 0 spiro atoms. The van der Waals surface area contributed by atoms with Crippen molar-refractivity contribution in [2.75, 3.05) is 31.1 Å². The Morgan fingerprint density at radius 2 is 2.04 bits per heavy atom. The van der Waals surface area contributed by atoms with Crippen LogP contribution in [-0.2, 0) is 13.0 Å². The predicted molar refractivity (Wildman–Crippen MR) is 102 cm³/mol. The number of piperazine rings is 1. The molecular weight excluding hydrogens is 332 g/mol. The van der Waals surface area contributed by atoms with Gasteiger partial charge in [0.2, 0.25) is 0 Å². The Bertz CT molecular complexity index is 831. The maximum atomic E-state index is 4.53. The van der Waals surface area contributed by atoms with Crippen molar-refractivity contribution in [1.29, 1.82) is 0 Å². The molecular formula is C18H24N6S. The lowest BCUT2D eigenvalue weighted by Crippen LogP contribution is -2.46. The van der Waals surface area contributed by atoms with Gasteiger partial charge in [-0.3, -0.25) is 10.00 Å². The molecule has 1 aliphatic heterocycles. The molecule has 4 rings (SSSR count). The van der Waals surface area contributed by atoms with Gasteiger partial charge in [0.05, 0.1) is 15.9 Å². The lowest BCUT2D eigenvalue weighted by atomic mass is 10.1. The molecule has 0 atom stereocenters. The van der Waals surface area contributed by atoms with Gasteiger partial charge < -0.3 is 4.90 Å². The van der Waals surface area contributed by atoms with Crippen LogP contribution in [0.3, 0.4) is 0 Å². The van der Waals surface area contributed by atoms with Crippen LogP contribution in [0.15, 0.2) is 23.8 Å². The van der Waals surface area contributed by atoms with Crippen molar-refractivity contribution in [2.24, 2.45) is 5.92 Å². The average Bonchev–Trinajstić information content (AvgIpc) is 3.24. The van der Waals surface area contributed by atoms with Crippen LogP contribution < -0.4 is 4.90 Å². The number of thiophene rings is 1. The number of aromatic nitrogens is 4. The highest BCUT2D eigenvalue weighted by Gasteiger charge is 2.21. The van der Waals surface area contributed by atoms with E-state index in [-0.39, 0.29) is 0 Å². The quantitative estimate of drug-likeness (QED) is 0.762. The van der Waals surface area contributed by atoms with Crippen molar-refractivity contribution in [2.45, 2.75) is 26.8 Å². The van der Waals surface area contributed by atoms with Crippen LogP contribution in [0.2, 0.25) is 0 Å². The maximum Gasteiger partial charge on any atom is 0.150 e. The normalized spacial score (nSPS) is 16.2. The Morgan fingerprint density at radius 3 is 2.84 bits per heavy atom. The first-order valence-electron chi connectivity index (χ1n) is 8.87. The first kappa shape index (κ1) is 16.5. The molecule has 1 saturated heterocycles. The van der Waals surface area contributed by atoms with E-state index in [4.69, 9.17) is 0 Å². The maximum absolute atomic E-state index is 4.53. The number of aromatic amines is 1. The summed E-state index contributed by atoms with van der Waals surface area (Å²) in [6.07, 6.45) is 2.71. The molecule has 0 bridgehead atoms. The van der Waals surface area contributed by atoms with Crippen molar-refractivity contribution in [3.63, 3.8) is 0 Å². The molecule has 0 saturated carbocycles. The van der Waals surface area contributed by atoms with Gasteiger partial charge in [-0.05, 0) is 29.9 Å². The summed E-state index contributed by atoms with van der Waals surface area (Å²) in [6.45, 7) is 9.46. The Balaban J connectivity index is 1.37. The summed E-state index contributed by atoms with van der Waals surface area (Å²) >= 11 is 1.72. The summed E-state index contributed by atoms with van der Waals surface area (Å²) in [5.74, 6) is 1.72. The van der Waals surface area contributed by atoms with Crippen LogP contribution in [0.1, 0.15) is 25.2 Å². The third-order valence-corrected chi connectivity index (χ3v) is 5.49. The SMILES string of the molecule is CC(C)Cc1cc(CN2CCN(c3ncnc4ccsc34)CC2)[nH]n1. The number of hydrogen-bond donors (Lipinski definition) is 1. The Hall–Kier alpha value is -1.99. The zero-order chi connectivity index (χ0) is 17.2. The summed E-state index contributed by atoms with van der Waals surface area (Å²) in [4.78, 5) is 13.7. The van der Waals surface area contributed by atoms with Crippen molar-refractivity contribution in [3.05, 3.63) is 35.2 Å². The van der Waals surface area contributed by atoms with Crippen LogP contribution in [0, 0.1) is 5.92 Å². The van der Waals surface area contributed by atoms with E-state index < -0.39 is 0 Å². The number of nitrogens with zero attached hydrogens (tertiary/aromatic N) is 5. The molecule has 7 heteroatoms. The number of H-pyrrole nitrogens is 1. The van der Waals surface area contributed by atoms with E-state index in [0.29, 0.717) is 5.92 Å². The fraction of sp³-hybridized carbons (Fsp3) is 0.500.